The predicted molar refractivity (Wildman–Crippen MR) is 63.1 cm³/mol. The van der Waals surface area contributed by atoms with E-state index in [4.69, 9.17) is 4.74 Å². The van der Waals surface area contributed by atoms with Crippen LogP contribution >= 0.6 is 0 Å². The number of rotatable bonds is 3. The van der Waals surface area contributed by atoms with E-state index in [0.29, 0.717) is 0 Å². The number of carbonyl (C=O) groups excluding carboxylic acids is 3. The summed E-state index contributed by atoms with van der Waals surface area (Å²) >= 11 is 0. The Balaban J connectivity index is 1.93. The molecule has 1 aliphatic carbocycles. The summed E-state index contributed by atoms with van der Waals surface area (Å²) in [5.74, 6) is -1.13. The number of esters is 1. The van der Waals surface area contributed by atoms with Crippen LogP contribution in [0.4, 0.5) is 0 Å². The third-order valence-corrected chi connectivity index (χ3v) is 3.43. The Kier molecular flexibility index (Phi) is 3.50. The highest BCUT2D eigenvalue weighted by atomic mass is 16.6. The molecule has 1 aliphatic heterocycles. The molecule has 1 heterocycles. The molecule has 5 nitrogen and oxygen atoms in total. The first kappa shape index (κ1) is 12.8. The van der Waals surface area contributed by atoms with Crippen molar-refractivity contribution >= 4 is 17.8 Å². The van der Waals surface area contributed by atoms with Gasteiger partial charge in [-0.1, -0.05) is 19.4 Å². The van der Waals surface area contributed by atoms with Crippen molar-refractivity contribution in [3.63, 3.8) is 0 Å². The predicted octanol–water partition coefficient (Wildman–Crippen LogP) is 1.38. The Morgan fingerprint density at radius 3 is 2.44 bits per heavy atom. The van der Waals surface area contributed by atoms with Gasteiger partial charge in [-0.25, -0.2) is 4.90 Å². The molecule has 2 amide bonds. The smallest absolute Gasteiger partial charge is 0.310 e. The Labute approximate surface area is 106 Å². The van der Waals surface area contributed by atoms with Crippen LogP contribution in [0.2, 0.25) is 0 Å². The van der Waals surface area contributed by atoms with Gasteiger partial charge in [0.05, 0.1) is 12.3 Å². The van der Waals surface area contributed by atoms with Crippen LogP contribution in [0.5, 0.6) is 0 Å². The average molecular weight is 251 g/mol. The summed E-state index contributed by atoms with van der Waals surface area (Å²) in [6.45, 7) is 5.03. The maximum absolute atomic E-state index is 11.8. The van der Waals surface area contributed by atoms with E-state index >= 15 is 0 Å². The summed E-state index contributed by atoms with van der Waals surface area (Å²) < 4.78 is 5.23. The number of nitrogens with zero attached hydrogens (tertiary/aromatic N) is 1. The summed E-state index contributed by atoms with van der Waals surface area (Å²) in [6.07, 6.45) is 3.13. The minimum absolute atomic E-state index is 0.0671. The molecule has 18 heavy (non-hydrogen) atoms. The molecular formula is C13H17NO4. The highest BCUT2D eigenvalue weighted by Gasteiger charge is 2.44. The highest BCUT2D eigenvalue weighted by Crippen LogP contribution is 2.29. The normalized spacial score (nSPS) is 23.7. The van der Waals surface area contributed by atoms with Gasteiger partial charge in [0, 0.05) is 5.57 Å². The van der Waals surface area contributed by atoms with Gasteiger partial charge in [0.2, 0.25) is 5.91 Å². The van der Waals surface area contributed by atoms with E-state index in [0.717, 1.165) is 30.6 Å². The largest absolute Gasteiger partial charge is 0.440 e. The van der Waals surface area contributed by atoms with Gasteiger partial charge in [0.1, 0.15) is 0 Å². The Bertz CT molecular complexity index is 409. The second kappa shape index (κ2) is 4.92. The standard InChI is InChI=1S/C13H17NO4/c1-8(2)12(16)14-10(15)7-11(14)18-13(17)9-5-3-4-6-9/h9,11H,1,3-7H2,2H3. The van der Waals surface area contributed by atoms with E-state index < -0.39 is 12.1 Å². The number of ether oxygens (including phenoxy) is 1. The number of amides is 2. The highest BCUT2D eigenvalue weighted by molar-refractivity contribution is 6.07. The van der Waals surface area contributed by atoms with E-state index in [2.05, 4.69) is 6.58 Å². The summed E-state index contributed by atoms with van der Waals surface area (Å²) in [4.78, 5) is 35.8. The molecule has 2 fully saturated rings. The third kappa shape index (κ3) is 2.30. The van der Waals surface area contributed by atoms with Gasteiger partial charge in [-0.15, -0.1) is 0 Å². The number of hydrogen-bond acceptors (Lipinski definition) is 4. The van der Waals surface area contributed by atoms with Gasteiger partial charge in [-0.3, -0.25) is 14.4 Å². The summed E-state index contributed by atoms with van der Waals surface area (Å²) in [7, 11) is 0. The van der Waals surface area contributed by atoms with Crippen LogP contribution in [0.25, 0.3) is 0 Å². The summed E-state index contributed by atoms with van der Waals surface area (Å²) in [5, 5.41) is 0. The van der Waals surface area contributed by atoms with Gasteiger partial charge in [0.15, 0.2) is 6.23 Å². The maximum atomic E-state index is 11.8. The second-order valence-corrected chi connectivity index (χ2v) is 4.93. The fraction of sp³-hybridized carbons (Fsp3) is 0.615. The monoisotopic (exact) mass is 251 g/mol. The zero-order chi connectivity index (χ0) is 13.3. The lowest BCUT2D eigenvalue weighted by Crippen LogP contribution is -2.57. The zero-order valence-electron chi connectivity index (χ0n) is 10.5. The summed E-state index contributed by atoms with van der Waals surface area (Å²) in [6, 6.07) is 0. The van der Waals surface area contributed by atoms with Gasteiger partial charge in [-0.05, 0) is 19.8 Å². The van der Waals surface area contributed by atoms with Crippen molar-refractivity contribution in [1.82, 2.24) is 4.90 Å². The molecule has 1 saturated carbocycles. The van der Waals surface area contributed by atoms with Crippen LogP contribution in [-0.2, 0) is 19.1 Å². The van der Waals surface area contributed by atoms with Crippen LogP contribution in [-0.4, -0.2) is 28.9 Å². The van der Waals surface area contributed by atoms with E-state index in [1.807, 2.05) is 0 Å². The molecule has 1 unspecified atom stereocenters. The van der Waals surface area contributed by atoms with Crippen LogP contribution in [0, 0.1) is 5.92 Å². The second-order valence-electron chi connectivity index (χ2n) is 4.93. The van der Waals surface area contributed by atoms with Gasteiger partial charge in [0.25, 0.3) is 5.91 Å². The topological polar surface area (TPSA) is 63.7 Å². The molecule has 0 aromatic carbocycles. The Morgan fingerprint density at radius 1 is 1.33 bits per heavy atom. The molecule has 5 heteroatoms. The van der Waals surface area contributed by atoms with Crippen molar-refractivity contribution in [3.05, 3.63) is 12.2 Å². The number of likely N-dealkylation sites (tertiary alicyclic amines) is 1. The molecule has 2 aliphatic rings. The number of hydrogen-bond donors (Lipinski definition) is 0. The Hall–Kier alpha value is -1.65. The van der Waals surface area contributed by atoms with E-state index in [-0.39, 0.29) is 29.8 Å². The van der Waals surface area contributed by atoms with Crippen molar-refractivity contribution in [2.45, 2.75) is 45.3 Å². The van der Waals surface area contributed by atoms with E-state index in [9.17, 15) is 14.4 Å². The number of imide groups is 1. The lowest BCUT2D eigenvalue weighted by Gasteiger charge is -2.37. The average Bonchev–Trinajstić information content (AvgIpc) is 2.81. The third-order valence-electron chi connectivity index (χ3n) is 3.43. The Morgan fingerprint density at radius 2 is 1.94 bits per heavy atom. The number of β-lactam (4-membered cyclic amide) rings is 1. The molecule has 0 bridgehead atoms. The van der Waals surface area contributed by atoms with Crippen molar-refractivity contribution in [1.29, 1.82) is 0 Å². The van der Waals surface area contributed by atoms with Crippen LogP contribution in [0.1, 0.15) is 39.0 Å². The maximum Gasteiger partial charge on any atom is 0.310 e. The number of carbonyl (C=O) groups is 3. The van der Waals surface area contributed by atoms with E-state index in [1.165, 1.54) is 6.92 Å². The minimum atomic E-state index is -0.727. The molecule has 98 valence electrons. The molecule has 1 saturated heterocycles. The zero-order valence-corrected chi connectivity index (χ0v) is 10.5. The first-order valence-electron chi connectivity index (χ1n) is 6.23. The summed E-state index contributed by atoms with van der Waals surface area (Å²) in [5.41, 5.74) is 0.268. The molecule has 0 radical (unpaired) electrons. The molecule has 0 N–H and O–H groups in total. The van der Waals surface area contributed by atoms with Crippen molar-refractivity contribution in [3.8, 4) is 0 Å². The van der Waals surface area contributed by atoms with Crippen LogP contribution < -0.4 is 0 Å². The SMILES string of the molecule is C=C(C)C(=O)N1C(=O)CC1OC(=O)C1CCCC1. The van der Waals surface area contributed by atoms with Crippen molar-refractivity contribution < 1.29 is 19.1 Å². The molecule has 0 spiro atoms. The molecule has 1 atom stereocenters. The van der Waals surface area contributed by atoms with E-state index in [1.54, 1.807) is 0 Å². The van der Waals surface area contributed by atoms with Crippen molar-refractivity contribution in [2.24, 2.45) is 5.92 Å². The molecule has 0 aromatic rings. The quantitative estimate of drug-likeness (QED) is 0.432. The van der Waals surface area contributed by atoms with Crippen LogP contribution in [0.3, 0.4) is 0 Å². The molecule has 2 rings (SSSR count). The van der Waals surface area contributed by atoms with Gasteiger partial charge >= 0.3 is 5.97 Å². The minimum Gasteiger partial charge on any atom is -0.440 e. The molecular weight excluding hydrogens is 234 g/mol. The lowest BCUT2D eigenvalue weighted by atomic mass is 10.1. The van der Waals surface area contributed by atoms with Crippen LogP contribution in [0.15, 0.2) is 12.2 Å². The lowest BCUT2D eigenvalue weighted by molar-refractivity contribution is -0.188. The van der Waals surface area contributed by atoms with Gasteiger partial charge in [-0.2, -0.15) is 0 Å². The first-order chi connectivity index (χ1) is 8.50. The first-order valence-corrected chi connectivity index (χ1v) is 6.23. The molecule has 0 aromatic heterocycles. The fourth-order valence-corrected chi connectivity index (χ4v) is 2.32. The fourth-order valence-electron chi connectivity index (χ4n) is 2.32. The van der Waals surface area contributed by atoms with Crippen molar-refractivity contribution in [2.75, 3.05) is 0 Å². The van der Waals surface area contributed by atoms with Gasteiger partial charge < -0.3 is 4.74 Å².